The van der Waals surface area contributed by atoms with Crippen molar-refractivity contribution < 1.29 is 28.5 Å². The molecule has 0 unspecified atom stereocenters. The zero-order chi connectivity index (χ0) is 17.7. The van der Waals surface area contributed by atoms with Crippen LogP contribution in [0.4, 0.5) is 9.59 Å². The zero-order valence-electron chi connectivity index (χ0n) is 13.8. The molecule has 0 radical (unpaired) electrons. The van der Waals surface area contributed by atoms with Crippen LogP contribution >= 0.6 is 0 Å². The van der Waals surface area contributed by atoms with E-state index < -0.39 is 12.3 Å². The van der Waals surface area contributed by atoms with Gasteiger partial charge in [0.15, 0.2) is 24.4 Å². The Morgan fingerprint density at radius 3 is 1.50 bits per heavy atom. The van der Waals surface area contributed by atoms with Crippen molar-refractivity contribution in [2.24, 2.45) is 0 Å². The first-order chi connectivity index (χ1) is 12.7. The number of benzene rings is 2. The lowest BCUT2D eigenvalue weighted by Gasteiger charge is -2.04. The predicted molar refractivity (Wildman–Crippen MR) is 88.5 cm³/mol. The SMILES string of the molecule is O=C1O[C@@H]2Cc3ccccc3[C@@H]2O1.O=C1O[C@H]2Cc3ccccc3[C@H]2O1. The molecule has 6 rings (SSSR count). The van der Waals surface area contributed by atoms with Crippen LogP contribution in [0, 0.1) is 0 Å². The highest BCUT2D eigenvalue weighted by atomic mass is 16.8. The van der Waals surface area contributed by atoms with Gasteiger partial charge in [0.25, 0.3) is 0 Å². The second-order valence-electron chi connectivity index (χ2n) is 6.70. The van der Waals surface area contributed by atoms with Gasteiger partial charge in [0.1, 0.15) is 0 Å². The highest BCUT2D eigenvalue weighted by Gasteiger charge is 2.44. The van der Waals surface area contributed by atoms with Gasteiger partial charge in [-0.2, -0.15) is 0 Å². The molecule has 0 saturated carbocycles. The average Bonchev–Trinajstić information content (AvgIpc) is 3.34. The highest BCUT2D eigenvalue weighted by Crippen LogP contribution is 2.41. The fraction of sp³-hybridized carbons (Fsp3) is 0.300. The molecule has 2 saturated heterocycles. The van der Waals surface area contributed by atoms with Gasteiger partial charge in [0.2, 0.25) is 0 Å². The van der Waals surface area contributed by atoms with E-state index >= 15 is 0 Å². The van der Waals surface area contributed by atoms with Crippen LogP contribution in [0.25, 0.3) is 0 Å². The lowest BCUT2D eigenvalue weighted by atomic mass is 10.1. The van der Waals surface area contributed by atoms with Crippen LogP contribution in [-0.2, 0) is 31.8 Å². The molecule has 2 aliphatic carbocycles. The molecule has 0 bridgehead atoms. The maximum Gasteiger partial charge on any atom is 0.509 e. The third-order valence-corrected chi connectivity index (χ3v) is 5.18. The quantitative estimate of drug-likeness (QED) is 0.674. The van der Waals surface area contributed by atoms with Crippen molar-refractivity contribution in [3.05, 3.63) is 70.8 Å². The standard InChI is InChI=1S/2C10H8O3/c2*11-10-12-8-5-6-3-1-2-4-7(6)9(8)13-10/h2*1-4,8-9H,5H2/t2*8-,9+/m10/s1. The summed E-state index contributed by atoms with van der Waals surface area (Å²) in [7, 11) is 0. The van der Waals surface area contributed by atoms with Crippen molar-refractivity contribution in [2.75, 3.05) is 0 Å². The first kappa shape index (κ1) is 15.3. The van der Waals surface area contributed by atoms with Gasteiger partial charge >= 0.3 is 12.3 Å². The maximum atomic E-state index is 10.8. The maximum absolute atomic E-state index is 10.8. The number of hydrogen-bond acceptors (Lipinski definition) is 6. The summed E-state index contributed by atoms with van der Waals surface area (Å²) in [5, 5.41) is 0. The predicted octanol–water partition coefficient (Wildman–Crippen LogP) is 3.64. The zero-order valence-corrected chi connectivity index (χ0v) is 13.8. The number of carbonyl (C=O) groups is 2. The number of hydrogen-bond donors (Lipinski definition) is 0. The summed E-state index contributed by atoms with van der Waals surface area (Å²) >= 11 is 0. The normalized spacial score (nSPS) is 29.1. The second-order valence-corrected chi connectivity index (χ2v) is 6.70. The summed E-state index contributed by atoms with van der Waals surface area (Å²) in [6.07, 6.45) is -0.0182. The summed E-state index contributed by atoms with van der Waals surface area (Å²) in [6.45, 7) is 0. The summed E-state index contributed by atoms with van der Waals surface area (Å²) in [6, 6.07) is 15.9. The Hall–Kier alpha value is -3.02. The minimum atomic E-state index is -0.537. The Labute approximate surface area is 149 Å². The third kappa shape index (κ3) is 2.41. The van der Waals surface area contributed by atoms with E-state index in [1.54, 1.807) is 0 Å². The summed E-state index contributed by atoms with van der Waals surface area (Å²) in [5.74, 6) is 0. The van der Waals surface area contributed by atoms with Crippen molar-refractivity contribution >= 4 is 12.3 Å². The molecule has 0 spiro atoms. The van der Waals surface area contributed by atoms with Crippen molar-refractivity contribution in [1.29, 1.82) is 0 Å². The Morgan fingerprint density at radius 2 is 1.04 bits per heavy atom. The van der Waals surface area contributed by atoms with Crippen molar-refractivity contribution in [2.45, 2.75) is 37.3 Å². The molecule has 0 N–H and O–H groups in total. The van der Waals surface area contributed by atoms with Gasteiger partial charge in [-0.05, 0) is 22.3 Å². The molecule has 4 aliphatic rings. The van der Waals surface area contributed by atoms with Gasteiger partial charge < -0.3 is 18.9 Å². The van der Waals surface area contributed by atoms with Crippen LogP contribution in [0.15, 0.2) is 48.5 Å². The molecular weight excluding hydrogens is 336 g/mol. The van der Waals surface area contributed by atoms with E-state index in [1.807, 2.05) is 48.5 Å². The molecule has 6 nitrogen and oxygen atoms in total. The topological polar surface area (TPSA) is 71.1 Å². The van der Waals surface area contributed by atoms with Crippen molar-refractivity contribution in [3.63, 3.8) is 0 Å². The van der Waals surface area contributed by atoms with Crippen LogP contribution in [0.2, 0.25) is 0 Å². The van der Waals surface area contributed by atoms with Gasteiger partial charge in [-0.1, -0.05) is 48.5 Å². The molecule has 2 heterocycles. The largest absolute Gasteiger partial charge is 0.509 e. The van der Waals surface area contributed by atoms with Gasteiger partial charge in [-0.25, -0.2) is 9.59 Å². The molecule has 0 amide bonds. The fourth-order valence-electron chi connectivity index (χ4n) is 4.04. The molecular formula is C20H16O6. The van der Waals surface area contributed by atoms with Gasteiger partial charge in [-0.15, -0.1) is 0 Å². The second kappa shape index (κ2) is 5.76. The summed E-state index contributed by atoms with van der Waals surface area (Å²) in [4.78, 5) is 21.6. The Morgan fingerprint density at radius 1 is 0.615 bits per heavy atom. The number of fused-ring (bicyclic) bond motifs is 6. The minimum Gasteiger partial charge on any atom is -0.426 e. The summed E-state index contributed by atoms with van der Waals surface area (Å²) < 4.78 is 20.1. The van der Waals surface area contributed by atoms with Crippen LogP contribution in [0.5, 0.6) is 0 Å². The lowest BCUT2D eigenvalue weighted by molar-refractivity contribution is 0.113. The van der Waals surface area contributed by atoms with E-state index in [4.69, 9.17) is 18.9 Å². The number of carbonyl (C=O) groups excluding carboxylic acids is 2. The average molecular weight is 352 g/mol. The molecule has 0 aromatic heterocycles. The van der Waals surface area contributed by atoms with Gasteiger partial charge in [0.05, 0.1) is 0 Å². The van der Waals surface area contributed by atoms with Crippen molar-refractivity contribution in [1.82, 2.24) is 0 Å². The third-order valence-electron chi connectivity index (χ3n) is 5.18. The smallest absolute Gasteiger partial charge is 0.426 e. The van der Waals surface area contributed by atoms with Crippen LogP contribution in [0.1, 0.15) is 34.5 Å². The first-order valence-corrected chi connectivity index (χ1v) is 8.59. The minimum absolute atomic E-state index is 0.0927. The molecule has 2 fully saturated rings. The van der Waals surface area contributed by atoms with E-state index in [0.29, 0.717) is 0 Å². The monoisotopic (exact) mass is 352 g/mol. The van der Waals surface area contributed by atoms with E-state index in [9.17, 15) is 9.59 Å². The molecule has 2 aromatic carbocycles. The molecule has 4 atom stereocenters. The van der Waals surface area contributed by atoms with E-state index in [1.165, 1.54) is 11.1 Å². The van der Waals surface area contributed by atoms with Gasteiger partial charge in [0, 0.05) is 12.8 Å². The number of ether oxygens (including phenoxy) is 4. The Bertz CT molecular complexity index is 818. The Kier molecular flexibility index (Phi) is 3.38. The van der Waals surface area contributed by atoms with Crippen LogP contribution in [-0.4, -0.2) is 24.5 Å². The molecule has 2 aromatic rings. The molecule has 26 heavy (non-hydrogen) atoms. The highest BCUT2D eigenvalue weighted by molar-refractivity contribution is 5.65. The fourth-order valence-corrected chi connectivity index (χ4v) is 4.04. The van der Waals surface area contributed by atoms with E-state index in [2.05, 4.69) is 0 Å². The summed E-state index contributed by atoms with van der Waals surface area (Å²) in [5.41, 5.74) is 4.65. The Balaban J connectivity index is 0.000000115. The van der Waals surface area contributed by atoms with Crippen LogP contribution in [0.3, 0.4) is 0 Å². The number of rotatable bonds is 0. The van der Waals surface area contributed by atoms with E-state index in [0.717, 1.165) is 24.0 Å². The first-order valence-electron chi connectivity index (χ1n) is 8.59. The molecule has 6 heteroatoms. The van der Waals surface area contributed by atoms with Crippen molar-refractivity contribution in [3.8, 4) is 0 Å². The van der Waals surface area contributed by atoms with Crippen LogP contribution < -0.4 is 0 Å². The van der Waals surface area contributed by atoms with E-state index in [-0.39, 0.29) is 24.4 Å². The molecule has 132 valence electrons. The molecule has 2 aliphatic heterocycles. The lowest BCUT2D eigenvalue weighted by Crippen LogP contribution is -2.08. The van der Waals surface area contributed by atoms with Gasteiger partial charge in [-0.3, -0.25) is 0 Å².